The van der Waals surface area contributed by atoms with Crippen molar-refractivity contribution in [3.63, 3.8) is 0 Å². The summed E-state index contributed by atoms with van der Waals surface area (Å²) < 4.78 is 12.5. The Labute approximate surface area is 237 Å². The van der Waals surface area contributed by atoms with Crippen molar-refractivity contribution in [2.75, 3.05) is 11.5 Å². The van der Waals surface area contributed by atoms with Crippen LogP contribution in [0.1, 0.15) is 44.5 Å². The van der Waals surface area contributed by atoms with Crippen molar-refractivity contribution in [1.29, 1.82) is 0 Å². The number of hydrogen-bond donors (Lipinski definition) is 2. The Kier molecular flexibility index (Phi) is 7.79. The van der Waals surface area contributed by atoms with Crippen molar-refractivity contribution >= 4 is 11.4 Å². The Morgan fingerprint density at radius 1 is 0.475 bits per heavy atom. The number of hydrogen-bond acceptors (Lipinski definition) is 4. The number of aryl methyl sites for hydroxylation is 2. The van der Waals surface area contributed by atoms with Crippen LogP contribution >= 0.6 is 0 Å². The van der Waals surface area contributed by atoms with Crippen molar-refractivity contribution in [3.05, 3.63) is 142 Å². The highest BCUT2D eigenvalue weighted by molar-refractivity contribution is 5.68. The van der Waals surface area contributed by atoms with Gasteiger partial charge >= 0.3 is 0 Å². The van der Waals surface area contributed by atoms with Gasteiger partial charge in [0, 0.05) is 0 Å². The summed E-state index contributed by atoms with van der Waals surface area (Å²) in [6, 6.07) is 32.4. The van der Waals surface area contributed by atoms with Crippen LogP contribution in [0, 0.1) is 27.7 Å². The van der Waals surface area contributed by atoms with Crippen LogP contribution in [0.5, 0.6) is 23.0 Å². The molecule has 0 radical (unpaired) electrons. The molecule has 0 aromatic heterocycles. The minimum absolute atomic E-state index is 0.672. The lowest BCUT2D eigenvalue weighted by Crippen LogP contribution is -2.06. The van der Waals surface area contributed by atoms with Crippen LogP contribution in [0.25, 0.3) is 0 Å². The van der Waals surface area contributed by atoms with Gasteiger partial charge in [-0.25, -0.2) is 0 Å². The molecule has 0 saturated heterocycles. The Bertz CT molecular complexity index is 1520. The number of para-hydroxylation sites is 2. The molecule has 0 bridgehead atoms. The lowest BCUT2D eigenvalue weighted by Gasteiger charge is -2.20. The maximum Gasteiger partial charge on any atom is 0.153 e. The van der Waals surface area contributed by atoms with E-state index in [1.165, 1.54) is 11.1 Å². The predicted octanol–water partition coefficient (Wildman–Crippen LogP) is 8.85. The summed E-state index contributed by atoms with van der Waals surface area (Å²) in [5, 5.41) is 0. The molecule has 0 heterocycles. The molecule has 0 fully saturated rings. The minimum Gasteiger partial charge on any atom is -0.455 e. The average Bonchev–Trinajstić information content (AvgIpc) is 2.97. The average molecular weight is 529 g/mol. The van der Waals surface area contributed by atoms with E-state index in [1.807, 2.05) is 60.7 Å². The van der Waals surface area contributed by atoms with E-state index in [1.54, 1.807) is 0 Å². The second-order valence-corrected chi connectivity index (χ2v) is 10.4. The summed E-state index contributed by atoms with van der Waals surface area (Å²) in [5.74, 6) is 2.99. The Hall–Kier alpha value is -4.70. The number of benzene rings is 5. The smallest absolute Gasteiger partial charge is 0.153 e. The zero-order valence-corrected chi connectivity index (χ0v) is 23.6. The molecule has 0 amide bonds. The van der Waals surface area contributed by atoms with Crippen molar-refractivity contribution in [2.45, 2.75) is 40.5 Å². The van der Waals surface area contributed by atoms with Gasteiger partial charge in [-0.15, -0.1) is 0 Å². The van der Waals surface area contributed by atoms with Gasteiger partial charge in [0.1, 0.15) is 11.5 Å². The minimum atomic E-state index is 0.672. The third kappa shape index (κ3) is 5.67. The Morgan fingerprint density at radius 2 is 0.825 bits per heavy atom. The molecule has 4 heteroatoms. The first-order chi connectivity index (χ1) is 19.3. The maximum atomic E-state index is 6.74. The summed E-state index contributed by atoms with van der Waals surface area (Å²) in [6.45, 7) is 8.32. The van der Waals surface area contributed by atoms with E-state index in [2.05, 4.69) is 64.1 Å². The molecule has 0 spiro atoms. The van der Waals surface area contributed by atoms with Gasteiger partial charge in [-0.2, -0.15) is 0 Å². The second kappa shape index (κ2) is 11.6. The number of nitrogen functional groups attached to an aromatic ring is 2. The lowest BCUT2D eigenvalue weighted by molar-refractivity contribution is 0.480. The number of ether oxygens (including phenoxy) is 2. The fraction of sp³-hybridized carbons (Fsp3) is 0.167. The highest BCUT2D eigenvalue weighted by Crippen LogP contribution is 2.39. The fourth-order valence-electron chi connectivity index (χ4n) is 5.03. The molecule has 5 aromatic rings. The van der Waals surface area contributed by atoms with E-state index < -0.39 is 0 Å². The van der Waals surface area contributed by atoms with E-state index in [9.17, 15) is 0 Å². The molecule has 0 aliphatic heterocycles. The van der Waals surface area contributed by atoms with E-state index in [4.69, 9.17) is 20.9 Å². The van der Waals surface area contributed by atoms with Crippen molar-refractivity contribution < 1.29 is 9.47 Å². The summed E-state index contributed by atoms with van der Waals surface area (Å²) in [4.78, 5) is 0. The van der Waals surface area contributed by atoms with Crippen molar-refractivity contribution in [2.24, 2.45) is 0 Å². The highest BCUT2D eigenvalue weighted by atomic mass is 16.5. The lowest BCUT2D eigenvalue weighted by atomic mass is 9.91. The van der Waals surface area contributed by atoms with E-state index >= 15 is 0 Å². The van der Waals surface area contributed by atoms with Crippen LogP contribution in [-0.4, -0.2) is 0 Å². The zero-order chi connectivity index (χ0) is 28.2. The molecule has 0 aliphatic rings. The van der Waals surface area contributed by atoms with Crippen LogP contribution in [0.4, 0.5) is 11.4 Å². The number of nitrogens with two attached hydrogens (primary N) is 2. The SMILES string of the molecule is Cc1cc(Cc2ccccc2Cc2cc(C)c(C)c(Oc3ccccc3)c2N)c(N)c(Oc2ccccc2)c1C. The molecule has 0 saturated carbocycles. The van der Waals surface area contributed by atoms with Gasteiger partial charge < -0.3 is 20.9 Å². The molecule has 5 aromatic carbocycles. The highest BCUT2D eigenvalue weighted by Gasteiger charge is 2.18. The summed E-state index contributed by atoms with van der Waals surface area (Å²) in [7, 11) is 0. The van der Waals surface area contributed by atoms with Gasteiger partial charge in [-0.1, -0.05) is 72.8 Å². The van der Waals surface area contributed by atoms with Crippen LogP contribution in [0.2, 0.25) is 0 Å². The predicted molar refractivity (Wildman–Crippen MR) is 166 cm³/mol. The van der Waals surface area contributed by atoms with Gasteiger partial charge in [0.2, 0.25) is 0 Å². The molecule has 4 nitrogen and oxygen atoms in total. The summed E-state index contributed by atoms with van der Waals surface area (Å²) >= 11 is 0. The maximum absolute atomic E-state index is 6.74. The van der Waals surface area contributed by atoms with Gasteiger partial charge in [-0.05, 0) is 109 Å². The number of rotatable bonds is 8. The zero-order valence-electron chi connectivity index (χ0n) is 23.6. The molecule has 202 valence electrons. The van der Waals surface area contributed by atoms with Gasteiger partial charge in [0.05, 0.1) is 11.4 Å². The molecular formula is C36H36N2O2. The van der Waals surface area contributed by atoms with Crippen molar-refractivity contribution in [1.82, 2.24) is 0 Å². The van der Waals surface area contributed by atoms with Gasteiger partial charge in [0.25, 0.3) is 0 Å². The molecule has 4 N–H and O–H groups in total. The van der Waals surface area contributed by atoms with Crippen LogP contribution in [0.3, 0.4) is 0 Å². The van der Waals surface area contributed by atoms with Crippen molar-refractivity contribution in [3.8, 4) is 23.0 Å². The van der Waals surface area contributed by atoms with Crippen LogP contribution in [-0.2, 0) is 12.8 Å². The number of anilines is 2. The molecule has 5 rings (SSSR count). The Balaban J connectivity index is 1.48. The van der Waals surface area contributed by atoms with Crippen LogP contribution in [0.15, 0.2) is 97.1 Å². The summed E-state index contributed by atoms with van der Waals surface area (Å²) in [5.41, 5.74) is 23.7. The quantitative estimate of drug-likeness (QED) is 0.197. The third-order valence-electron chi connectivity index (χ3n) is 7.63. The van der Waals surface area contributed by atoms with E-state index in [0.29, 0.717) is 24.2 Å². The molecular weight excluding hydrogens is 492 g/mol. The molecule has 0 unspecified atom stereocenters. The molecule has 0 atom stereocenters. The standard InChI is InChI=1S/C36H36N2O2/c1-23-19-29(33(37)35(25(23)3)39-31-15-7-5-8-16-31)21-27-13-11-12-14-28(27)22-30-20-24(2)26(4)36(34(30)38)40-32-17-9-6-10-18-32/h5-20H,21-22,37-38H2,1-4H3. The normalized spacial score (nSPS) is 10.9. The monoisotopic (exact) mass is 528 g/mol. The Morgan fingerprint density at radius 3 is 1.20 bits per heavy atom. The van der Waals surface area contributed by atoms with Gasteiger partial charge in [0.15, 0.2) is 11.5 Å². The largest absolute Gasteiger partial charge is 0.455 e. The van der Waals surface area contributed by atoms with E-state index in [-0.39, 0.29) is 0 Å². The topological polar surface area (TPSA) is 70.5 Å². The fourth-order valence-corrected chi connectivity index (χ4v) is 5.03. The first-order valence-electron chi connectivity index (χ1n) is 13.6. The molecule has 0 aliphatic carbocycles. The second-order valence-electron chi connectivity index (χ2n) is 10.4. The summed E-state index contributed by atoms with van der Waals surface area (Å²) in [6.07, 6.45) is 1.37. The molecule has 40 heavy (non-hydrogen) atoms. The first-order valence-corrected chi connectivity index (χ1v) is 13.6. The first kappa shape index (κ1) is 26.9. The van der Waals surface area contributed by atoms with Gasteiger partial charge in [-0.3, -0.25) is 0 Å². The van der Waals surface area contributed by atoms with Crippen LogP contribution < -0.4 is 20.9 Å². The third-order valence-corrected chi connectivity index (χ3v) is 7.63. The van der Waals surface area contributed by atoms with E-state index in [0.717, 1.165) is 56.4 Å².